The minimum Gasteiger partial charge on any atom is -0.366 e. The number of carbonyl (C=O) groups is 1. The number of likely N-dealkylation sites (tertiary alicyclic amines) is 1. The van der Waals surface area contributed by atoms with E-state index in [1.807, 2.05) is 19.0 Å². The van der Waals surface area contributed by atoms with Crippen LogP contribution in [0.3, 0.4) is 0 Å². The van der Waals surface area contributed by atoms with Gasteiger partial charge in [0.05, 0.1) is 11.7 Å². The van der Waals surface area contributed by atoms with Gasteiger partial charge in [0, 0.05) is 66.5 Å². The zero-order chi connectivity index (χ0) is 22.4. The number of hydrogen-bond donors (Lipinski definition) is 1. The average Bonchev–Trinajstić information content (AvgIpc) is 3.23. The Morgan fingerprint density at radius 2 is 1.91 bits per heavy atom. The maximum Gasteiger partial charge on any atom is 0.239 e. The molecule has 1 aromatic rings. The molecule has 1 atom stereocenters. The molecule has 3 rings (SSSR count). The van der Waals surface area contributed by atoms with Gasteiger partial charge in [0.15, 0.2) is 5.96 Å². The Hall–Kier alpha value is -1.69. The van der Waals surface area contributed by atoms with Crippen molar-refractivity contribution >= 4 is 41.5 Å². The fourth-order valence-corrected chi connectivity index (χ4v) is 4.37. The predicted octanol–water partition coefficient (Wildman–Crippen LogP) is 2.22. The van der Waals surface area contributed by atoms with E-state index in [4.69, 9.17) is 0 Å². The summed E-state index contributed by atoms with van der Waals surface area (Å²) in [4.78, 5) is 24.7. The molecule has 32 heavy (non-hydrogen) atoms. The fourth-order valence-electron chi connectivity index (χ4n) is 4.37. The second-order valence-electron chi connectivity index (χ2n) is 8.32. The number of nitrogens with zero attached hydrogens (tertiary/aromatic N) is 5. The van der Waals surface area contributed by atoms with Gasteiger partial charge in [-0.15, -0.1) is 24.0 Å². The molecule has 10 heteroatoms. The van der Waals surface area contributed by atoms with Crippen LogP contribution in [0.25, 0.3) is 0 Å². The van der Waals surface area contributed by atoms with E-state index in [1.54, 1.807) is 11.9 Å². The lowest BCUT2D eigenvalue weighted by molar-refractivity contribution is -0.133. The normalized spacial score (nSPS) is 19.7. The summed E-state index contributed by atoms with van der Waals surface area (Å²) in [6, 6.07) is 3.58. The van der Waals surface area contributed by atoms with Gasteiger partial charge < -0.3 is 20.0 Å². The Morgan fingerprint density at radius 3 is 2.56 bits per heavy atom. The van der Waals surface area contributed by atoms with E-state index < -0.39 is 11.6 Å². The summed E-state index contributed by atoms with van der Waals surface area (Å²) in [5.74, 6) is 0.185. The van der Waals surface area contributed by atoms with Crippen LogP contribution in [0, 0.1) is 11.6 Å². The Morgan fingerprint density at radius 1 is 1.19 bits per heavy atom. The molecule has 2 aliphatic rings. The van der Waals surface area contributed by atoms with Gasteiger partial charge in [-0.2, -0.15) is 0 Å². The number of benzene rings is 1. The molecule has 2 saturated heterocycles. The molecule has 180 valence electrons. The quantitative estimate of drug-likeness (QED) is 0.249. The van der Waals surface area contributed by atoms with Gasteiger partial charge in [-0.25, -0.2) is 8.78 Å². The standard InChI is InChI=1S/C22H34F2N6O.HI/c1-25-22(26-9-5-11-28-10-4-6-19(28)21(31)27(2)3)30-14-12-29(13-15-30)20-16-17(23)7-8-18(20)24;/h7-8,16,19H,4-6,9-15H2,1-3H3,(H,25,26);1H. The lowest BCUT2D eigenvalue weighted by Crippen LogP contribution is -2.53. The maximum atomic E-state index is 14.0. The van der Waals surface area contributed by atoms with E-state index in [2.05, 4.69) is 20.1 Å². The van der Waals surface area contributed by atoms with Crippen LogP contribution >= 0.6 is 24.0 Å². The third kappa shape index (κ3) is 6.66. The van der Waals surface area contributed by atoms with Gasteiger partial charge in [0.1, 0.15) is 11.6 Å². The SMILES string of the molecule is CN=C(NCCCN1CCCC1C(=O)N(C)C)N1CCN(c2cc(F)ccc2F)CC1.I. The summed E-state index contributed by atoms with van der Waals surface area (Å²) in [6.45, 7) is 5.18. The van der Waals surface area contributed by atoms with Crippen molar-refractivity contribution in [3.63, 3.8) is 0 Å². The fraction of sp³-hybridized carbons (Fsp3) is 0.636. The molecular weight excluding hydrogens is 529 g/mol. The van der Waals surface area contributed by atoms with Crippen LogP contribution in [0.4, 0.5) is 14.5 Å². The van der Waals surface area contributed by atoms with E-state index >= 15 is 0 Å². The number of nitrogens with one attached hydrogen (secondary N) is 1. The summed E-state index contributed by atoms with van der Waals surface area (Å²) >= 11 is 0. The second kappa shape index (κ2) is 12.5. The molecule has 1 unspecified atom stereocenters. The van der Waals surface area contributed by atoms with E-state index in [0.717, 1.165) is 50.9 Å². The Kier molecular flexibility index (Phi) is 10.4. The predicted molar refractivity (Wildman–Crippen MR) is 135 cm³/mol. The van der Waals surface area contributed by atoms with Crippen molar-refractivity contribution in [3.05, 3.63) is 29.8 Å². The number of anilines is 1. The summed E-state index contributed by atoms with van der Waals surface area (Å²) in [7, 11) is 5.38. The van der Waals surface area contributed by atoms with Gasteiger partial charge in [0.25, 0.3) is 0 Å². The van der Waals surface area contributed by atoms with E-state index in [1.165, 1.54) is 12.1 Å². The van der Waals surface area contributed by atoms with Crippen LogP contribution < -0.4 is 10.2 Å². The van der Waals surface area contributed by atoms with Gasteiger partial charge in [0.2, 0.25) is 5.91 Å². The molecule has 2 aliphatic heterocycles. The highest BCUT2D eigenvalue weighted by Crippen LogP contribution is 2.22. The number of rotatable bonds is 6. The van der Waals surface area contributed by atoms with Crippen molar-refractivity contribution in [2.75, 3.05) is 71.9 Å². The summed E-state index contributed by atoms with van der Waals surface area (Å²) < 4.78 is 27.5. The topological polar surface area (TPSA) is 54.4 Å². The minimum atomic E-state index is -0.427. The monoisotopic (exact) mass is 564 g/mol. The Balaban J connectivity index is 0.00000363. The lowest BCUT2D eigenvalue weighted by atomic mass is 10.2. The number of guanidine groups is 1. The summed E-state index contributed by atoms with van der Waals surface area (Å²) in [5.41, 5.74) is 0.315. The van der Waals surface area contributed by atoms with E-state index in [-0.39, 0.29) is 35.9 Å². The van der Waals surface area contributed by atoms with E-state index in [0.29, 0.717) is 31.9 Å². The zero-order valence-corrected chi connectivity index (χ0v) is 21.5. The van der Waals surface area contributed by atoms with Crippen molar-refractivity contribution in [2.24, 2.45) is 4.99 Å². The average molecular weight is 564 g/mol. The first-order valence-corrected chi connectivity index (χ1v) is 11.0. The molecule has 0 radical (unpaired) electrons. The van der Waals surface area contributed by atoms with E-state index in [9.17, 15) is 13.6 Å². The second-order valence-corrected chi connectivity index (χ2v) is 8.32. The third-order valence-corrected chi connectivity index (χ3v) is 6.03. The van der Waals surface area contributed by atoms with Crippen molar-refractivity contribution in [1.82, 2.24) is 20.0 Å². The number of halogens is 3. The number of hydrogen-bond acceptors (Lipinski definition) is 4. The molecule has 0 bridgehead atoms. The van der Waals surface area contributed by atoms with Crippen molar-refractivity contribution in [2.45, 2.75) is 25.3 Å². The van der Waals surface area contributed by atoms with Crippen LogP contribution in [0.1, 0.15) is 19.3 Å². The largest absolute Gasteiger partial charge is 0.366 e. The van der Waals surface area contributed by atoms with Crippen molar-refractivity contribution in [1.29, 1.82) is 0 Å². The first-order chi connectivity index (χ1) is 14.9. The maximum absolute atomic E-state index is 14.0. The Bertz CT molecular complexity index is 786. The first kappa shape index (κ1) is 26.6. The smallest absolute Gasteiger partial charge is 0.239 e. The molecule has 2 fully saturated rings. The third-order valence-electron chi connectivity index (χ3n) is 6.03. The van der Waals surface area contributed by atoms with Crippen LogP contribution in [0.15, 0.2) is 23.2 Å². The summed E-state index contributed by atoms with van der Waals surface area (Å²) in [6.07, 6.45) is 2.92. The molecule has 1 amide bonds. The van der Waals surface area contributed by atoms with Crippen molar-refractivity contribution in [3.8, 4) is 0 Å². The number of amides is 1. The first-order valence-electron chi connectivity index (χ1n) is 11.0. The molecule has 0 spiro atoms. The highest BCUT2D eigenvalue weighted by molar-refractivity contribution is 14.0. The molecule has 0 aromatic heterocycles. The van der Waals surface area contributed by atoms with Gasteiger partial charge >= 0.3 is 0 Å². The molecule has 7 nitrogen and oxygen atoms in total. The van der Waals surface area contributed by atoms with Crippen LogP contribution in [-0.4, -0.2) is 99.6 Å². The van der Waals surface area contributed by atoms with Crippen LogP contribution in [0.2, 0.25) is 0 Å². The molecule has 1 aromatic carbocycles. The molecule has 0 aliphatic carbocycles. The van der Waals surface area contributed by atoms with Crippen LogP contribution in [0.5, 0.6) is 0 Å². The molecule has 0 saturated carbocycles. The molecule has 2 heterocycles. The van der Waals surface area contributed by atoms with Gasteiger partial charge in [-0.3, -0.25) is 14.7 Å². The number of likely N-dealkylation sites (N-methyl/N-ethyl adjacent to an activating group) is 1. The molecular formula is C22H35F2IN6O. The minimum absolute atomic E-state index is 0. The zero-order valence-electron chi connectivity index (χ0n) is 19.2. The van der Waals surface area contributed by atoms with Gasteiger partial charge in [-0.05, 0) is 37.9 Å². The number of piperazine rings is 1. The number of carbonyl (C=O) groups excluding carboxylic acids is 1. The highest BCUT2D eigenvalue weighted by Gasteiger charge is 2.31. The van der Waals surface area contributed by atoms with Gasteiger partial charge in [-0.1, -0.05) is 0 Å². The van der Waals surface area contributed by atoms with Crippen molar-refractivity contribution < 1.29 is 13.6 Å². The van der Waals surface area contributed by atoms with Crippen LogP contribution in [-0.2, 0) is 4.79 Å². The number of aliphatic imine (C=N–C) groups is 1. The summed E-state index contributed by atoms with van der Waals surface area (Å²) in [5, 5.41) is 3.41. The molecule has 1 N–H and O–H groups in total. The lowest BCUT2D eigenvalue weighted by Gasteiger charge is -2.37. The highest BCUT2D eigenvalue weighted by atomic mass is 127. The Labute approximate surface area is 206 Å².